The highest BCUT2D eigenvalue weighted by atomic mass is 16.7. The van der Waals surface area contributed by atoms with Gasteiger partial charge in [-0.2, -0.15) is 0 Å². The molecule has 1 saturated heterocycles. The smallest absolute Gasteiger partial charge is 0.220 e. The minimum Gasteiger partial charge on any atom is -0.394 e. The SMILES string of the molecule is CCCCCCC/C=C\C/C=C\CCCCCCCCCCCCCCCCCCCCCCCC(=O)NC(COC1OC(CO)C(O)C(O)C1O)C(O)CCCCCCCCCCCCCCCCCCCCCCCCCCCCCCC. The highest BCUT2D eigenvalue weighted by molar-refractivity contribution is 5.76. The Labute approximate surface area is 528 Å². The molecule has 1 rings (SSSR count). The van der Waals surface area contributed by atoms with Crippen LogP contribution in [0.15, 0.2) is 24.3 Å². The van der Waals surface area contributed by atoms with Gasteiger partial charge in [0, 0.05) is 6.42 Å². The molecule has 0 radical (unpaired) electrons. The molecule has 1 heterocycles. The lowest BCUT2D eigenvalue weighted by Crippen LogP contribution is -2.60. The van der Waals surface area contributed by atoms with E-state index in [0.29, 0.717) is 12.8 Å². The third-order valence-corrected chi connectivity index (χ3v) is 18.6. The van der Waals surface area contributed by atoms with Crippen molar-refractivity contribution in [3.05, 3.63) is 24.3 Å². The summed E-state index contributed by atoms with van der Waals surface area (Å²) in [6.45, 7) is 3.89. The largest absolute Gasteiger partial charge is 0.394 e. The van der Waals surface area contributed by atoms with Crippen molar-refractivity contribution in [2.24, 2.45) is 0 Å². The molecule has 0 spiro atoms. The van der Waals surface area contributed by atoms with Gasteiger partial charge in [-0.15, -0.1) is 0 Å². The first-order valence-electron chi connectivity index (χ1n) is 38.0. The molecule has 0 aromatic heterocycles. The van der Waals surface area contributed by atoms with E-state index in [-0.39, 0.29) is 12.5 Å². The second-order valence-corrected chi connectivity index (χ2v) is 26.8. The number of aliphatic hydroxyl groups excluding tert-OH is 5. The lowest BCUT2D eigenvalue weighted by molar-refractivity contribution is -0.302. The van der Waals surface area contributed by atoms with E-state index in [0.717, 1.165) is 44.9 Å². The van der Waals surface area contributed by atoms with Crippen molar-refractivity contribution in [3.8, 4) is 0 Å². The van der Waals surface area contributed by atoms with E-state index >= 15 is 0 Å². The zero-order valence-corrected chi connectivity index (χ0v) is 56.7. The molecule has 0 aromatic carbocycles. The maximum atomic E-state index is 13.2. The van der Waals surface area contributed by atoms with Crippen molar-refractivity contribution >= 4 is 5.91 Å². The number of unbranched alkanes of at least 4 members (excludes halogenated alkanes) is 54. The lowest BCUT2D eigenvalue weighted by atomic mass is 9.99. The molecule has 9 nitrogen and oxygen atoms in total. The summed E-state index contributed by atoms with van der Waals surface area (Å²) >= 11 is 0. The van der Waals surface area contributed by atoms with Gasteiger partial charge in [-0.05, 0) is 44.9 Å². The minimum atomic E-state index is -1.55. The van der Waals surface area contributed by atoms with Crippen molar-refractivity contribution in [2.75, 3.05) is 13.2 Å². The van der Waals surface area contributed by atoms with Crippen LogP contribution in [0.1, 0.15) is 399 Å². The minimum absolute atomic E-state index is 0.132. The van der Waals surface area contributed by atoms with Gasteiger partial charge in [0.25, 0.3) is 0 Å². The van der Waals surface area contributed by atoms with Crippen LogP contribution < -0.4 is 5.32 Å². The Morgan fingerprint density at radius 1 is 0.400 bits per heavy atom. The summed E-state index contributed by atoms with van der Waals surface area (Å²) in [7, 11) is 0. The molecule has 1 aliphatic heterocycles. The highest BCUT2D eigenvalue weighted by Crippen LogP contribution is 2.24. The zero-order valence-electron chi connectivity index (χ0n) is 56.7. The maximum Gasteiger partial charge on any atom is 0.220 e. The van der Waals surface area contributed by atoms with Gasteiger partial charge >= 0.3 is 0 Å². The molecular formula is C76H147NO8. The van der Waals surface area contributed by atoms with E-state index in [4.69, 9.17) is 9.47 Å². The molecule has 0 aliphatic carbocycles. The first-order valence-corrected chi connectivity index (χ1v) is 38.0. The average molecular weight is 1200 g/mol. The summed E-state index contributed by atoms with van der Waals surface area (Å²) in [5.41, 5.74) is 0. The molecule has 85 heavy (non-hydrogen) atoms. The van der Waals surface area contributed by atoms with Gasteiger partial charge < -0.3 is 40.3 Å². The summed E-state index contributed by atoms with van der Waals surface area (Å²) in [6, 6.07) is -0.718. The van der Waals surface area contributed by atoms with E-state index in [2.05, 4.69) is 43.5 Å². The van der Waals surface area contributed by atoms with Crippen LogP contribution in [0.4, 0.5) is 0 Å². The number of nitrogens with one attached hydrogen (secondary N) is 1. The van der Waals surface area contributed by atoms with E-state index in [1.165, 1.54) is 327 Å². The van der Waals surface area contributed by atoms with E-state index in [9.17, 15) is 30.3 Å². The van der Waals surface area contributed by atoms with Gasteiger partial charge in [0.1, 0.15) is 24.4 Å². The molecule has 7 atom stereocenters. The first-order chi connectivity index (χ1) is 41.8. The van der Waals surface area contributed by atoms with E-state index < -0.39 is 49.5 Å². The van der Waals surface area contributed by atoms with Crippen LogP contribution in [0.3, 0.4) is 0 Å². The molecule has 1 aliphatic rings. The fourth-order valence-electron chi connectivity index (χ4n) is 12.6. The summed E-state index contributed by atoms with van der Waals surface area (Å²) in [5.74, 6) is -0.134. The first kappa shape index (κ1) is 81.7. The fourth-order valence-corrected chi connectivity index (χ4v) is 12.6. The summed E-state index contributed by atoms with van der Waals surface area (Å²) in [4.78, 5) is 13.2. The van der Waals surface area contributed by atoms with Crippen molar-refractivity contribution < 1.29 is 39.8 Å². The van der Waals surface area contributed by atoms with Gasteiger partial charge in [0.2, 0.25) is 5.91 Å². The topological polar surface area (TPSA) is 149 Å². The quantitative estimate of drug-likeness (QED) is 0.0261. The Kier molecular flexibility index (Phi) is 63.1. The Morgan fingerprint density at radius 3 is 1.01 bits per heavy atom. The summed E-state index contributed by atoms with van der Waals surface area (Å²) < 4.78 is 11.4. The van der Waals surface area contributed by atoms with E-state index in [1.807, 2.05) is 0 Å². The number of amides is 1. The fraction of sp³-hybridized carbons (Fsp3) is 0.934. The summed E-state index contributed by atoms with van der Waals surface area (Å²) in [5, 5.41) is 55.0. The lowest BCUT2D eigenvalue weighted by Gasteiger charge is -2.40. The number of allylic oxidation sites excluding steroid dienone is 4. The van der Waals surface area contributed by atoms with Gasteiger partial charge in [-0.25, -0.2) is 0 Å². The standard InChI is InChI=1S/C76H147NO8/c1-3-5-7-9-11-13-15-17-19-21-23-25-27-29-31-33-34-35-36-38-40-42-44-46-48-50-52-54-56-58-60-62-64-66-72(80)77-69(68-84-76-75(83)74(82)73(81)71(67-78)85-76)70(79)65-63-61-59-57-55-53-51-49-47-45-43-41-39-37-32-30-28-26-24-22-20-18-16-14-12-10-8-6-4-2/h15,17,21,23,69-71,73-76,78-79,81-83H,3-14,16,18-20,22,24-68H2,1-2H3,(H,77,80)/b17-15-,23-21-. The Morgan fingerprint density at radius 2 is 0.694 bits per heavy atom. The molecule has 0 aromatic rings. The number of carbonyl (C=O) groups is 1. The number of rotatable bonds is 68. The molecule has 7 unspecified atom stereocenters. The number of aliphatic hydroxyl groups is 5. The Balaban J connectivity index is 2.07. The highest BCUT2D eigenvalue weighted by Gasteiger charge is 2.44. The molecule has 1 fully saturated rings. The van der Waals surface area contributed by atoms with Crippen LogP contribution in [-0.2, 0) is 14.3 Å². The molecule has 504 valence electrons. The van der Waals surface area contributed by atoms with Crippen molar-refractivity contribution in [3.63, 3.8) is 0 Å². The Bertz CT molecular complexity index is 1390. The van der Waals surface area contributed by atoms with Crippen molar-refractivity contribution in [1.82, 2.24) is 5.32 Å². The monoisotopic (exact) mass is 1200 g/mol. The number of hydrogen-bond acceptors (Lipinski definition) is 8. The van der Waals surface area contributed by atoms with Gasteiger partial charge in [0.15, 0.2) is 6.29 Å². The van der Waals surface area contributed by atoms with Gasteiger partial charge in [0.05, 0.1) is 25.4 Å². The number of hydrogen-bond donors (Lipinski definition) is 6. The average Bonchev–Trinajstić information content (AvgIpc) is 3.68. The zero-order chi connectivity index (χ0) is 61.4. The van der Waals surface area contributed by atoms with E-state index in [1.54, 1.807) is 0 Å². The number of ether oxygens (including phenoxy) is 2. The third kappa shape index (κ3) is 54.2. The maximum absolute atomic E-state index is 13.2. The van der Waals surface area contributed by atoms with Gasteiger partial charge in [-0.1, -0.05) is 372 Å². The second-order valence-electron chi connectivity index (χ2n) is 26.8. The molecule has 0 saturated carbocycles. The molecule has 9 heteroatoms. The second kappa shape index (κ2) is 65.6. The normalized spacial score (nSPS) is 18.1. The number of carbonyl (C=O) groups excluding carboxylic acids is 1. The van der Waals surface area contributed by atoms with Crippen LogP contribution in [0, 0.1) is 0 Å². The Hall–Kier alpha value is -1.33. The van der Waals surface area contributed by atoms with Crippen LogP contribution >= 0.6 is 0 Å². The van der Waals surface area contributed by atoms with Crippen LogP contribution in [0.2, 0.25) is 0 Å². The van der Waals surface area contributed by atoms with Crippen LogP contribution in [-0.4, -0.2) is 87.5 Å². The van der Waals surface area contributed by atoms with Gasteiger partial charge in [-0.3, -0.25) is 4.79 Å². The molecule has 0 bridgehead atoms. The predicted octanol–water partition coefficient (Wildman–Crippen LogP) is 21.2. The molecular weight excluding hydrogens is 1050 g/mol. The predicted molar refractivity (Wildman–Crippen MR) is 364 cm³/mol. The van der Waals surface area contributed by atoms with Crippen molar-refractivity contribution in [1.29, 1.82) is 0 Å². The third-order valence-electron chi connectivity index (χ3n) is 18.6. The molecule has 1 amide bonds. The van der Waals surface area contributed by atoms with Crippen molar-refractivity contribution in [2.45, 2.75) is 442 Å². The van der Waals surface area contributed by atoms with Crippen LogP contribution in [0.5, 0.6) is 0 Å². The van der Waals surface area contributed by atoms with Crippen LogP contribution in [0.25, 0.3) is 0 Å². The molecule has 6 N–H and O–H groups in total. The summed E-state index contributed by atoms with van der Waals surface area (Å²) in [6.07, 6.45) is 79.8.